The van der Waals surface area contributed by atoms with Gasteiger partial charge >= 0.3 is 0 Å². The van der Waals surface area contributed by atoms with E-state index in [1.165, 1.54) is 0 Å². The molecule has 2 rings (SSSR count). The van der Waals surface area contributed by atoms with Crippen LogP contribution in [-0.2, 0) is 6.42 Å². The predicted molar refractivity (Wildman–Crippen MR) is 83.2 cm³/mol. The van der Waals surface area contributed by atoms with Gasteiger partial charge in [-0.05, 0) is 33.6 Å². The number of nitrogens with zero attached hydrogens (tertiary/aromatic N) is 2. The highest BCUT2D eigenvalue weighted by Crippen LogP contribution is 2.34. The first-order valence-electron chi connectivity index (χ1n) is 6.63. The van der Waals surface area contributed by atoms with Gasteiger partial charge < -0.3 is 10.8 Å². The van der Waals surface area contributed by atoms with E-state index in [9.17, 15) is 5.11 Å². The van der Waals surface area contributed by atoms with Gasteiger partial charge in [0, 0.05) is 17.4 Å². The second-order valence-electron chi connectivity index (χ2n) is 5.14. The van der Waals surface area contributed by atoms with Crippen LogP contribution >= 0.6 is 11.3 Å². The SMILES string of the molecule is Cc1ccc(O)c(C(c2nc(CCN)cs2)N(C)C)c1. The Morgan fingerprint density at radius 3 is 2.80 bits per heavy atom. The first-order valence-corrected chi connectivity index (χ1v) is 7.51. The van der Waals surface area contributed by atoms with E-state index in [4.69, 9.17) is 5.73 Å². The molecule has 3 N–H and O–H groups in total. The predicted octanol–water partition coefficient (Wildman–Crippen LogP) is 2.31. The van der Waals surface area contributed by atoms with Crippen molar-refractivity contribution < 1.29 is 5.11 Å². The number of phenols is 1. The van der Waals surface area contributed by atoms with Gasteiger partial charge in [0.1, 0.15) is 10.8 Å². The Kier molecular flexibility index (Phi) is 4.75. The van der Waals surface area contributed by atoms with Crippen LogP contribution in [0.1, 0.15) is 27.9 Å². The summed E-state index contributed by atoms with van der Waals surface area (Å²) >= 11 is 1.62. The fourth-order valence-electron chi connectivity index (χ4n) is 2.24. The summed E-state index contributed by atoms with van der Waals surface area (Å²) in [5.41, 5.74) is 8.62. The van der Waals surface area contributed by atoms with Gasteiger partial charge in [0.2, 0.25) is 0 Å². The van der Waals surface area contributed by atoms with E-state index < -0.39 is 0 Å². The van der Waals surface area contributed by atoms with E-state index in [2.05, 4.69) is 9.88 Å². The normalized spacial score (nSPS) is 12.8. The number of phenolic OH excluding ortho intramolecular Hbond substituents is 1. The third-order valence-corrected chi connectivity index (χ3v) is 4.14. The van der Waals surface area contributed by atoms with Crippen LogP contribution in [-0.4, -0.2) is 35.6 Å². The van der Waals surface area contributed by atoms with E-state index in [1.54, 1.807) is 17.4 Å². The van der Waals surface area contributed by atoms with Crippen molar-refractivity contribution in [1.29, 1.82) is 0 Å². The van der Waals surface area contributed by atoms with Crippen molar-refractivity contribution in [1.82, 2.24) is 9.88 Å². The lowest BCUT2D eigenvalue weighted by Crippen LogP contribution is -2.21. The molecule has 108 valence electrons. The van der Waals surface area contributed by atoms with Gasteiger partial charge in [0.25, 0.3) is 0 Å². The molecule has 0 fully saturated rings. The molecule has 2 aromatic rings. The molecule has 0 amide bonds. The highest BCUT2D eigenvalue weighted by molar-refractivity contribution is 7.09. The summed E-state index contributed by atoms with van der Waals surface area (Å²) < 4.78 is 0. The maximum Gasteiger partial charge on any atom is 0.120 e. The standard InChI is InChI=1S/C15H21N3OS/c1-10-4-5-13(19)12(8-10)14(18(2)3)15-17-11(6-7-16)9-20-15/h4-5,8-9,14,19H,6-7,16H2,1-3H3. The van der Waals surface area contributed by atoms with Gasteiger partial charge in [-0.25, -0.2) is 4.98 Å². The smallest absolute Gasteiger partial charge is 0.120 e. The van der Waals surface area contributed by atoms with Crippen LogP contribution in [0.2, 0.25) is 0 Å². The molecule has 0 aliphatic carbocycles. The van der Waals surface area contributed by atoms with E-state index in [0.29, 0.717) is 12.3 Å². The van der Waals surface area contributed by atoms with E-state index in [-0.39, 0.29) is 6.04 Å². The Bertz CT molecular complexity index is 580. The molecule has 1 unspecified atom stereocenters. The summed E-state index contributed by atoms with van der Waals surface area (Å²) in [6.45, 7) is 2.63. The average Bonchev–Trinajstić information content (AvgIpc) is 2.82. The van der Waals surface area contributed by atoms with Gasteiger partial charge in [-0.2, -0.15) is 0 Å². The van der Waals surface area contributed by atoms with E-state index >= 15 is 0 Å². The first-order chi connectivity index (χ1) is 9.52. The number of thiazole rings is 1. The maximum absolute atomic E-state index is 10.2. The lowest BCUT2D eigenvalue weighted by Gasteiger charge is -2.23. The van der Waals surface area contributed by atoms with E-state index in [1.807, 2.05) is 38.5 Å². The van der Waals surface area contributed by atoms with Crippen molar-refractivity contribution in [3.05, 3.63) is 45.4 Å². The number of rotatable bonds is 5. The molecule has 1 aromatic carbocycles. The van der Waals surface area contributed by atoms with Crippen LogP contribution in [0.25, 0.3) is 0 Å². The molecule has 0 aliphatic rings. The third kappa shape index (κ3) is 3.17. The number of aromatic nitrogens is 1. The minimum atomic E-state index is -0.0357. The van der Waals surface area contributed by atoms with E-state index in [0.717, 1.165) is 28.2 Å². The summed E-state index contributed by atoms with van der Waals surface area (Å²) in [6, 6.07) is 5.64. The quantitative estimate of drug-likeness (QED) is 0.887. The number of hydrogen-bond acceptors (Lipinski definition) is 5. The van der Waals surface area contributed by atoms with Gasteiger partial charge in [-0.15, -0.1) is 11.3 Å². The molecule has 0 saturated carbocycles. The van der Waals surface area contributed by atoms with Crippen LogP contribution in [0.3, 0.4) is 0 Å². The van der Waals surface area contributed by atoms with Crippen LogP contribution < -0.4 is 5.73 Å². The lowest BCUT2D eigenvalue weighted by atomic mass is 10.0. The Morgan fingerprint density at radius 1 is 1.40 bits per heavy atom. The number of benzene rings is 1. The molecule has 0 spiro atoms. The minimum Gasteiger partial charge on any atom is -0.508 e. The van der Waals surface area contributed by atoms with Crippen molar-refractivity contribution in [3.8, 4) is 5.75 Å². The number of aryl methyl sites for hydroxylation is 1. The Balaban J connectivity index is 2.42. The van der Waals surface area contributed by atoms with Gasteiger partial charge in [0.05, 0.1) is 11.7 Å². The number of nitrogens with two attached hydrogens (primary N) is 1. The summed E-state index contributed by atoms with van der Waals surface area (Å²) in [5, 5.41) is 13.2. The highest BCUT2D eigenvalue weighted by atomic mass is 32.1. The molecule has 0 bridgehead atoms. The first kappa shape index (κ1) is 15.0. The molecule has 0 radical (unpaired) electrons. The highest BCUT2D eigenvalue weighted by Gasteiger charge is 2.23. The van der Waals surface area contributed by atoms with Crippen molar-refractivity contribution in [2.24, 2.45) is 5.73 Å². The van der Waals surface area contributed by atoms with Crippen LogP contribution in [0.4, 0.5) is 0 Å². The molecule has 5 heteroatoms. The molecule has 1 heterocycles. The Labute approximate surface area is 123 Å². The summed E-state index contributed by atoms with van der Waals surface area (Å²) in [6.07, 6.45) is 0.788. The third-order valence-electron chi connectivity index (χ3n) is 3.20. The topological polar surface area (TPSA) is 62.4 Å². The summed E-state index contributed by atoms with van der Waals surface area (Å²) in [5.74, 6) is 0.310. The molecule has 1 aromatic heterocycles. The zero-order valence-electron chi connectivity index (χ0n) is 12.1. The molecular weight excluding hydrogens is 270 g/mol. The zero-order chi connectivity index (χ0) is 14.7. The monoisotopic (exact) mass is 291 g/mol. The molecule has 20 heavy (non-hydrogen) atoms. The second-order valence-corrected chi connectivity index (χ2v) is 6.03. The summed E-state index contributed by atoms with van der Waals surface area (Å²) in [7, 11) is 3.99. The van der Waals surface area contributed by atoms with Crippen molar-refractivity contribution in [2.45, 2.75) is 19.4 Å². The fourth-order valence-corrected chi connectivity index (χ4v) is 3.30. The molecule has 0 aliphatic heterocycles. The van der Waals surface area contributed by atoms with Crippen molar-refractivity contribution >= 4 is 11.3 Å². The number of aromatic hydroxyl groups is 1. The Hall–Kier alpha value is -1.43. The molecular formula is C15H21N3OS. The fraction of sp³-hybridized carbons (Fsp3) is 0.400. The van der Waals surface area contributed by atoms with Crippen LogP contribution in [0.5, 0.6) is 5.75 Å². The molecule has 0 saturated heterocycles. The van der Waals surface area contributed by atoms with Crippen LogP contribution in [0.15, 0.2) is 23.6 Å². The van der Waals surface area contributed by atoms with Gasteiger partial charge in [0.15, 0.2) is 0 Å². The molecule has 4 nitrogen and oxygen atoms in total. The van der Waals surface area contributed by atoms with Gasteiger partial charge in [-0.1, -0.05) is 17.7 Å². The van der Waals surface area contributed by atoms with Gasteiger partial charge in [-0.3, -0.25) is 4.90 Å². The summed E-state index contributed by atoms with van der Waals surface area (Å²) in [4.78, 5) is 6.72. The zero-order valence-corrected chi connectivity index (χ0v) is 12.9. The largest absolute Gasteiger partial charge is 0.508 e. The minimum absolute atomic E-state index is 0.0357. The van der Waals surface area contributed by atoms with Crippen LogP contribution in [0, 0.1) is 6.92 Å². The second kappa shape index (κ2) is 6.35. The van der Waals surface area contributed by atoms with Crippen molar-refractivity contribution in [3.63, 3.8) is 0 Å². The number of hydrogen-bond donors (Lipinski definition) is 2. The molecule has 1 atom stereocenters. The Morgan fingerprint density at radius 2 is 2.15 bits per heavy atom. The maximum atomic E-state index is 10.2. The van der Waals surface area contributed by atoms with Crippen molar-refractivity contribution in [2.75, 3.05) is 20.6 Å². The lowest BCUT2D eigenvalue weighted by molar-refractivity contribution is 0.330. The average molecular weight is 291 g/mol.